The van der Waals surface area contributed by atoms with Crippen molar-refractivity contribution in [2.45, 2.75) is 57.5 Å². The van der Waals surface area contributed by atoms with Crippen molar-refractivity contribution in [2.24, 2.45) is 9.81 Å². The first-order valence-corrected chi connectivity index (χ1v) is 17.4. The van der Waals surface area contributed by atoms with Crippen LogP contribution in [0.15, 0.2) is 75.5 Å². The Morgan fingerprint density at radius 2 is 1.77 bits per heavy atom. The number of fused-ring (bicyclic) bond motifs is 2. The molecule has 2 aliphatic rings. The quantitative estimate of drug-likeness (QED) is 0.173. The number of benzene rings is 2. The van der Waals surface area contributed by atoms with Crippen molar-refractivity contribution in [1.29, 1.82) is 0 Å². The smallest absolute Gasteiger partial charge is 0.229 e. The molecule has 1 aliphatic carbocycles. The van der Waals surface area contributed by atoms with Gasteiger partial charge in [0, 0.05) is 17.8 Å². The van der Waals surface area contributed by atoms with Crippen molar-refractivity contribution in [3.63, 3.8) is 0 Å². The van der Waals surface area contributed by atoms with E-state index in [0.29, 0.717) is 24.0 Å². The minimum absolute atomic E-state index is 0.0544. The van der Waals surface area contributed by atoms with Crippen LogP contribution in [0.4, 0.5) is 11.4 Å². The molecule has 1 unspecified atom stereocenters. The molecule has 11 nitrogen and oxygen atoms in total. The number of rotatable bonds is 8. The Bertz CT molecular complexity index is 1810. The number of carbonyl (C=O) groups is 1. The Morgan fingerprint density at radius 3 is 2.45 bits per heavy atom. The third kappa shape index (κ3) is 6.37. The molecule has 2 aromatic carbocycles. The number of pyridine rings is 1. The lowest BCUT2D eigenvalue weighted by Crippen LogP contribution is -2.54. The Morgan fingerprint density at radius 1 is 1.05 bits per heavy atom. The molecule has 13 heteroatoms. The number of aliphatic hydroxyl groups excluding tert-OH is 1. The molecule has 2 heterocycles. The fraction of sp³-hybridized carbons (Fsp3) is 0.323. The maximum absolute atomic E-state index is 14.8. The lowest BCUT2D eigenvalue weighted by Gasteiger charge is -2.42. The average Bonchev–Trinajstić information content (AvgIpc) is 2.92. The van der Waals surface area contributed by atoms with Crippen LogP contribution in [-0.4, -0.2) is 45.5 Å². The second kappa shape index (κ2) is 11.3. The number of carbonyl (C=O) groups excluding carboxylic acids is 1. The van der Waals surface area contributed by atoms with Crippen LogP contribution in [-0.2, 0) is 26.9 Å². The summed E-state index contributed by atoms with van der Waals surface area (Å²) in [6.07, 6.45) is 1.99. The van der Waals surface area contributed by atoms with Gasteiger partial charge in [0.1, 0.15) is 21.8 Å². The normalized spacial score (nSPS) is 20.2. The summed E-state index contributed by atoms with van der Waals surface area (Å²) in [5.41, 5.74) is 1.27. The number of anilines is 2. The van der Waals surface area contributed by atoms with Gasteiger partial charge in [-0.3, -0.25) is 28.9 Å². The second-order valence-electron chi connectivity index (χ2n) is 12.4. The first kappa shape index (κ1) is 31.7. The zero-order valence-corrected chi connectivity index (χ0v) is 26.8. The van der Waals surface area contributed by atoms with Crippen LogP contribution in [0.5, 0.6) is 0 Å². The molecular weight excluding hydrogens is 603 g/mol. The van der Waals surface area contributed by atoms with E-state index in [2.05, 4.69) is 45.5 Å². The van der Waals surface area contributed by atoms with Gasteiger partial charge in [-0.15, -0.1) is 4.40 Å². The third-order valence-corrected chi connectivity index (χ3v) is 9.52. The number of nitrogens with zero attached hydrogens (tertiary/aromatic N) is 2. The van der Waals surface area contributed by atoms with E-state index in [1.165, 1.54) is 18.2 Å². The van der Waals surface area contributed by atoms with Crippen LogP contribution < -0.4 is 15.4 Å². The standard InChI is InChI=1S/C31H37N5O6S2/c1-19-9-8-10-21(33-19)18-32-31(16-15-30(2,3)4)23-12-7-6-11-22(23)27(37)26(28(31)38)29-34-24-14-13-20(35-43(5,39)40)17-25(24)44(41,42)36-29/h6-14,17,32,35,37,41-42H,15-16,18H2,1-5H3,(H,34,36). The fourth-order valence-corrected chi connectivity index (χ4v) is 7.18. The van der Waals surface area contributed by atoms with Crippen LogP contribution in [0.2, 0.25) is 0 Å². The number of nitrogens with one attached hydrogen (secondary N) is 3. The highest BCUT2D eigenvalue weighted by Crippen LogP contribution is 2.57. The molecule has 6 N–H and O–H groups in total. The van der Waals surface area contributed by atoms with Gasteiger partial charge in [-0.2, -0.15) is 0 Å². The summed E-state index contributed by atoms with van der Waals surface area (Å²) in [6.45, 7) is 8.41. The number of Topliss-reactive ketones (excluding diaryl/α,β-unsaturated/α-hetero) is 1. The minimum Gasteiger partial charge on any atom is -0.506 e. The monoisotopic (exact) mass is 639 g/mol. The Hall–Kier alpha value is -3.75. The fourth-order valence-electron chi connectivity index (χ4n) is 5.44. The zero-order chi connectivity index (χ0) is 32.1. The number of sulfonamides is 1. The van der Waals surface area contributed by atoms with Gasteiger partial charge in [0.25, 0.3) is 0 Å². The summed E-state index contributed by atoms with van der Waals surface area (Å²) in [7, 11) is -7.54. The number of hydrogen-bond donors (Lipinski definition) is 6. The number of amidine groups is 1. The number of aliphatic hydroxyl groups is 1. The summed E-state index contributed by atoms with van der Waals surface area (Å²) in [6, 6.07) is 16.9. The maximum atomic E-state index is 14.8. The van der Waals surface area contributed by atoms with Crippen LogP contribution in [0, 0.1) is 12.3 Å². The van der Waals surface area contributed by atoms with E-state index in [1.54, 1.807) is 12.1 Å². The lowest BCUT2D eigenvalue weighted by molar-refractivity contribution is -0.122. The van der Waals surface area contributed by atoms with Gasteiger partial charge in [0.15, 0.2) is 11.6 Å². The van der Waals surface area contributed by atoms with Gasteiger partial charge >= 0.3 is 0 Å². The molecule has 234 valence electrons. The predicted molar refractivity (Wildman–Crippen MR) is 174 cm³/mol. The van der Waals surface area contributed by atoms with Gasteiger partial charge < -0.3 is 10.4 Å². The minimum atomic E-state index is -3.91. The van der Waals surface area contributed by atoms with Gasteiger partial charge in [-0.05, 0) is 61.1 Å². The van der Waals surface area contributed by atoms with Gasteiger partial charge in [0.2, 0.25) is 10.0 Å². The highest BCUT2D eigenvalue weighted by atomic mass is 32.3. The average molecular weight is 640 g/mol. The van der Waals surface area contributed by atoms with E-state index in [1.807, 2.05) is 37.3 Å². The van der Waals surface area contributed by atoms with E-state index < -0.39 is 32.1 Å². The van der Waals surface area contributed by atoms with Crippen LogP contribution in [0.25, 0.3) is 5.76 Å². The largest absolute Gasteiger partial charge is 0.506 e. The first-order chi connectivity index (χ1) is 20.5. The van der Waals surface area contributed by atoms with Crippen LogP contribution in [0.1, 0.15) is 56.1 Å². The summed E-state index contributed by atoms with van der Waals surface area (Å²) >= 11 is 0. The number of aryl methyl sites for hydroxylation is 1. The molecule has 0 saturated carbocycles. The summed E-state index contributed by atoms with van der Waals surface area (Å²) in [5, 5.41) is 18.1. The molecule has 0 amide bonds. The van der Waals surface area contributed by atoms with E-state index in [9.17, 15) is 27.4 Å². The molecule has 3 aromatic rings. The molecule has 1 atom stereocenters. The molecule has 0 radical (unpaired) electrons. The Labute approximate surface area is 259 Å². The highest BCUT2D eigenvalue weighted by Gasteiger charge is 2.50. The SMILES string of the molecule is Cc1cccc(CNC2(CCC(C)(C)C)C(=O)C(C3=NS(O)(O)c4cc(NS(C)(=O)=O)ccc4N3)=C(O)c3ccccc32)n1. The van der Waals surface area contributed by atoms with E-state index in [0.717, 1.165) is 17.6 Å². The number of ketones is 1. The molecule has 0 bridgehead atoms. The van der Waals surface area contributed by atoms with Crippen molar-refractivity contribution in [3.05, 3.63) is 88.8 Å². The van der Waals surface area contributed by atoms with Crippen LogP contribution >= 0.6 is 10.8 Å². The second-order valence-corrected chi connectivity index (χ2v) is 15.8. The highest BCUT2D eigenvalue weighted by molar-refractivity contribution is 8.23. The molecular formula is C31H37N5O6S2. The van der Waals surface area contributed by atoms with E-state index in [-0.39, 0.29) is 45.4 Å². The predicted octanol–water partition coefficient (Wildman–Crippen LogP) is 5.97. The van der Waals surface area contributed by atoms with E-state index in [4.69, 9.17) is 0 Å². The first-order valence-electron chi connectivity index (χ1n) is 14.0. The molecule has 0 spiro atoms. The Kier molecular flexibility index (Phi) is 8.14. The van der Waals surface area contributed by atoms with Gasteiger partial charge in [0.05, 0.1) is 23.3 Å². The molecule has 0 fully saturated rings. The maximum Gasteiger partial charge on any atom is 0.229 e. The van der Waals surface area contributed by atoms with Crippen molar-refractivity contribution in [1.82, 2.24) is 10.3 Å². The summed E-state index contributed by atoms with van der Waals surface area (Å²) in [5.74, 6) is -1.02. The zero-order valence-electron chi connectivity index (χ0n) is 25.2. The van der Waals surface area contributed by atoms with Gasteiger partial charge in [-0.25, -0.2) is 8.42 Å². The molecule has 5 rings (SSSR count). The van der Waals surface area contributed by atoms with Crippen molar-refractivity contribution < 1.29 is 27.4 Å². The molecule has 44 heavy (non-hydrogen) atoms. The third-order valence-electron chi connectivity index (χ3n) is 7.55. The number of hydrogen-bond acceptors (Lipinski definition) is 10. The van der Waals surface area contributed by atoms with Crippen LogP contribution in [0.3, 0.4) is 0 Å². The van der Waals surface area contributed by atoms with E-state index >= 15 is 0 Å². The molecule has 1 aliphatic heterocycles. The van der Waals surface area contributed by atoms with Crippen molar-refractivity contribution in [3.8, 4) is 0 Å². The topological polar surface area (TPSA) is 173 Å². The Balaban J connectivity index is 1.63. The van der Waals surface area contributed by atoms with Crippen molar-refractivity contribution in [2.75, 3.05) is 16.3 Å². The van der Waals surface area contributed by atoms with Crippen molar-refractivity contribution >= 4 is 49.6 Å². The number of aromatic nitrogens is 1. The van der Waals surface area contributed by atoms with Gasteiger partial charge in [-0.1, -0.05) is 61.9 Å². The molecule has 1 aromatic heterocycles. The lowest BCUT2D eigenvalue weighted by atomic mass is 9.69. The molecule has 0 saturated heterocycles. The summed E-state index contributed by atoms with van der Waals surface area (Å²) < 4.78 is 52.2. The summed E-state index contributed by atoms with van der Waals surface area (Å²) in [4.78, 5) is 19.4.